The van der Waals surface area contributed by atoms with E-state index in [0.29, 0.717) is 17.1 Å². The van der Waals surface area contributed by atoms with Crippen molar-refractivity contribution in [3.8, 4) is 5.75 Å². The zero-order valence-corrected chi connectivity index (χ0v) is 23.1. The van der Waals surface area contributed by atoms with E-state index < -0.39 is 35.5 Å². The van der Waals surface area contributed by atoms with Gasteiger partial charge in [-0.2, -0.15) is 0 Å². The van der Waals surface area contributed by atoms with Crippen LogP contribution in [0.2, 0.25) is 0 Å². The maximum absolute atomic E-state index is 13.4. The molecule has 0 saturated carbocycles. The Labute approximate surface area is 227 Å². The van der Waals surface area contributed by atoms with Crippen molar-refractivity contribution in [1.29, 1.82) is 0 Å². The molecule has 0 unspecified atom stereocenters. The third-order valence-corrected chi connectivity index (χ3v) is 7.07. The number of para-hydroxylation sites is 1. The number of aliphatic hydroxyl groups is 2. The SMILES string of the molecule is Cc1cccc(CO)c1OCC(=O)N[C@@H](Cc1ccccc1)[C@H](O)C(=O)N1CSC[C@H]1C(=O)NC(C)(C)C. The van der Waals surface area contributed by atoms with Gasteiger partial charge in [0.25, 0.3) is 11.8 Å². The minimum absolute atomic E-state index is 0.200. The summed E-state index contributed by atoms with van der Waals surface area (Å²) in [5, 5.41) is 26.4. The van der Waals surface area contributed by atoms with Crippen LogP contribution in [0, 0.1) is 6.92 Å². The molecular weight excluding hydrogens is 506 g/mol. The van der Waals surface area contributed by atoms with Crippen LogP contribution in [-0.4, -0.2) is 74.8 Å². The van der Waals surface area contributed by atoms with Crippen LogP contribution in [0.25, 0.3) is 0 Å². The van der Waals surface area contributed by atoms with Crippen LogP contribution >= 0.6 is 11.8 Å². The molecule has 3 atom stereocenters. The summed E-state index contributed by atoms with van der Waals surface area (Å²) in [6.07, 6.45) is -1.37. The molecule has 1 aliphatic rings. The number of aliphatic hydroxyl groups excluding tert-OH is 2. The smallest absolute Gasteiger partial charge is 0.258 e. The summed E-state index contributed by atoms with van der Waals surface area (Å²) >= 11 is 1.44. The molecule has 0 aromatic heterocycles. The van der Waals surface area contributed by atoms with Gasteiger partial charge < -0.3 is 30.5 Å². The highest BCUT2D eigenvalue weighted by Crippen LogP contribution is 2.25. The largest absolute Gasteiger partial charge is 0.483 e. The molecule has 0 aliphatic carbocycles. The van der Waals surface area contributed by atoms with E-state index in [2.05, 4.69) is 10.6 Å². The molecule has 38 heavy (non-hydrogen) atoms. The first kappa shape index (κ1) is 29.5. The fourth-order valence-corrected chi connectivity index (χ4v) is 5.38. The van der Waals surface area contributed by atoms with E-state index in [1.807, 2.05) is 64.1 Å². The molecule has 1 saturated heterocycles. The zero-order chi connectivity index (χ0) is 27.9. The second-order valence-electron chi connectivity index (χ2n) is 10.4. The topological polar surface area (TPSA) is 128 Å². The van der Waals surface area contributed by atoms with E-state index in [4.69, 9.17) is 4.74 Å². The lowest BCUT2D eigenvalue weighted by Crippen LogP contribution is -2.58. The minimum atomic E-state index is -1.57. The Balaban J connectivity index is 1.74. The Morgan fingerprint density at radius 3 is 2.50 bits per heavy atom. The molecule has 3 amide bonds. The molecule has 1 fully saturated rings. The third kappa shape index (κ3) is 7.96. The Morgan fingerprint density at radius 1 is 1.13 bits per heavy atom. The maximum atomic E-state index is 13.4. The molecular formula is C28H37N3O6S. The standard InChI is InChI=1S/C28H37N3O6S/c1-18-9-8-12-20(14-32)25(18)37-15-23(33)29-21(13-19-10-6-5-7-11-19)24(34)27(36)31-17-38-16-22(31)26(35)30-28(2,3)4/h5-12,21-22,24,32,34H,13-17H2,1-4H3,(H,29,33)(H,30,35)/t21-,22-,24-/m0/s1. The van der Waals surface area contributed by atoms with E-state index in [0.717, 1.165) is 11.1 Å². The van der Waals surface area contributed by atoms with Crippen molar-refractivity contribution in [2.45, 2.75) is 64.4 Å². The number of nitrogens with zero attached hydrogens (tertiary/aromatic N) is 1. The van der Waals surface area contributed by atoms with Crippen LogP contribution in [0.3, 0.4) is 0 Å². The molecule has 4 N–H and O–H groups in total. The molecule has 10 heteroatoms. The van der Waals surface area contributed by atoms with Crippen molar-refractivity contribution in [3.63, 3.8) is 0 Å². The number of carbonyl (C=O) groups excluding carboxylic acids is 3. The van der Waals surface area contributed by atoms with Gasteiger partial charge in [0.1, 0.15) is 11.8 Å². The molecule has 0 bridgehead atoms. The molecule has 206 valence electrons. The minimum Gasteiger partial charge on any atom is -0.483 e. The summed E-state index contributed by atoms with van der Waals surface area (Å²) in [7, 11) is 0. The van der Waals surface area contributed by atoms with Gasteiger partial charge in [-0.1, -0.05) is 48.5 Å². The zero-order valence-electron chi connectivity index (χ0n) is 22.3. The second-order valence-corrected chi connectivity index (χ2v) is 11.4. The molecule has 2 aromatic rings. The lowest BCUT2D eigenvalue weighted by atomic mass is 9.99. The summed E-state index contributed by atoms with van der Waals surface area (Å²) in [6.45, 7) is 6.81. The number of nitrogens with one attached hydrogen (secondary N) is 2. The molecule has 1 heterocycles. The molecule has 9 nitrogen and oxygen atoms in total. The van der Waals surface area contributed by atoms with Gasteiger partial charge in [0.15, 0.2) is 12.7 Å². The van der Waals surface area contributed by atoms with E-state index in [1.165, 1.54) is 16.7 Å². The van der Waals surface area contributed by atoms with Crippen LogP contribution in [0.4, 0.5) is 0 Å². The van der Waals surface area contributed by atoms with Crippen molar-refractivity contribution in [2.75, 3.05) is 18.2 Å². The maximum Gasteiger partial charge on any atom is 0.258 e. The molecule has 2 aromatic carbocycles. The highest BCUT2D eigenvalue weighted by molar-refractivity contribution is 7.99. The van der Waals surface area contributed by atoms with Crippen molar-refractivity contribution < 1.29 is 29.3 Å². The summed E-state index contributed by atoms with van der Waals surface area (Å²) in [5.41, 5.74) is 1.69. The number of amides is 3. The predicted octanol–water partition coefficient (Wildman–Crippen LogP) is 1.77. The Morgan fingerprint density at radius 2 is 1.84 bits per heavy atom. The van der Waals surface area contributed by atoms with E-state index in [9.17, 15) is 24.6 Å². The van der Waals surface area contributed by atoms with Crippen LogP contribution in [0.15, 0.2) is 48.5 Å². The van der Waals surface area contributed by atoms with Gasteiger partial charge in [-0.3, -0.25) is 14.4 Å². The number of benzene rings is 2. The first-order valence-electron chi connectivity index (χ1n) is 12.5. The van der Waals surface area contributed by atoms with Crippen LogP contribution in [0.1, 0.15) is 37.5 Å². The lowest BCUT2D eigenvalue weighted by molar-refractivity contribution is -0.147. The van der Waals surface area contributed by atoms with E-state index in [-0.39, 0.29) is 31.4 Å². The van der Waals surface area contributed by atoms with Gasteiger partial charge >= 0.3 is 0 Å². The summed E-state index contributed by atoms with van der Waals surface area (Å²) in [5.74, 6) is -0.311. The second kappa shape index (κ2) is 13.1. The van der Waals surface area contributed by atoms with E-state index >= 15 is 0 Å². The Kier molecular flexibility index (Phi) is 10.2. The van der Waals surface area contributed by atoms with Crippen LogP contribution in [0.5, 0.6) is 5.75 Å². The average molecular weight is 544 g/mol. The number of ether oxygens (including phenoxy) is 1. The number of carbonyl (C=O) groups is 3. The Hall–Kier alpha value is -3.08. The fourth-order valence-electron chi connectivity index (χ4n) is 4.21. The first-order chi connectivity index (χ1) is 18.0. The summed E-state index contributed by atoms with van der Waals surface area (Å²) in [6, 6.07) is 12.9. The highest BCUT2D eigenvalue weighted by Gasteiger charge is 2.40. The van der Waals surface area contributed by atoms with Crippen LogP contribution in [-0.2, 0) is 27.4 Å². The number of rotatable bonds is 10. The number of aryl methyl sites for hydroxylation is 1. The number of thioether (sulfide) groups is 1. The van der Waals surface area contributed by atoms with Gasteiger partial charge in [0, 0.05) is 16.9 Å². The van der Waals surface area contributed by atoms with Gasteiger partial charge in [0.05, 0.1) is 18.5 Å². The van der Waals surface area contributed by atoms with Crippen molar-refractivity contribution in [2.24, 2.45) is 0 Å². The molecule has 0 radical (unpaired) electrons. The van der Waals surface area contributed by atoms with Crippen molar-refractivity contribution >= 4 is 29.5 Å². The number of hydrogen-bond donors (Lipinski definition) is 4. The van der Waals surface area contributed by atoms with Gasteiger partial charge in [-0.25, -0.2) is 0 Å². The molecule has 1 aliphatic heterocycles. The Bertz CT molecular complexity index is 1120. The molecule has 3 rings (SSSR count). The lowest BCUT2D eigenvalue weighted by Gasteiger charge is -2.31. The highest BCUT2D eigenvalue weighted by atomic mass is 32.2. The summed E-state index contributed by atoms with van der Waals surface area (Å²) in [4.78, 5) is 40.5. The average Bonchev–Trinajstić information content (AvgIpc) is 3.36. The van der Waals surface area contributed by atoms with Gasteiger partial charge in [-0.05, 0) is 45.2 Å². The van der Waals surface area contributed by atoms with Gasteiger partial charge in [0.2, 0.25) is 5.91 Å². The van der Waals surface area contributed by atoms with Crippen LogP contribution < -0.4 is 15.4 Å². The monoisotopic (exact) mass is 543 g/mol. The normalized spacial score (nSPS) is 17.0. The van der Waals surface area contributed by atoms with Crippen molar-refractivity contribution in [1.82, 2.24) is 15.5 Å². The quantitative estimate of drug-likeness (QED) is 0.360. The number of hydrogen-bond acceptors (Lipinski definition) is 7. The van der Waals surface area contributed by atoms with Gasteiger partial charge in [-0.15, -0.1) is 11.8 Å². The predicted molar refractivity (Wildman–Crippen MR) is 147 cm³/mol. The fraction of sp³-hybridized carbons (Fsp3) is 0.464. The molecule has 0 spiro atoms. The van der Waals surface area contributed by atoms with E-state index in [1.54, 1.807) is 12.1 Å². The van der Waals surface area contributed by atoms with Crippen molar-refractivity contribution in [3.05, 3.63) is 65.2 Å². The third-order valence-electron chi connectivity index (χ3n) is 6.06. The summed E-state index contributed by atoms with van der Waals surface area (Å²) < 4.78 is 5.70. The first-order valence-corrected chi connectivity index (χ1v) is 13.7.